The molecule has 0 saturated carbocycles. The molecule has 1 aliphatic rings. The van der Waals surface area contributed by atoms with Gasteiger partial charge < -0.3 is 14.8 Å². The number of carbonyl (C=O) groups excluding carboxylic acids is 1. The van der Waals surface area contributed by atoms with Gasteiger partial charge in [-0.05, 0) is 66.6 Å². The molecule has 4 heteroatoms. The van der Waals surface area contributed by atoms with E-state index in [1.165, 1.54) is 11.1 Å². The Bertz CT molecular complexity index is 724. The molecule has 1 unspecified atom stereocenters. The van der Waals surface area contributed by atoms with Crippen molar-refractivity contribution in [2.75, 3.05) is 14.2 Å². The third-order valence-electron chi connectivity index (χ3n) is 4.80. The first kappa shape index (κ1) is 17.3. The molecule has 0 aliphatic heterocycles. The van der Waals surface area contributed by atoms with Crippen LogP contribution in [-0.4, -0.2) is 20.1 Å². The average molecular weight is 339 g/mol. The quantitative estimate of drug-likeness (QED) is 0.870. The zero-order valence-corrected chi connectivity index (χ0v) is 14.9. The second kappa shape index (κ2) is 8.06. The number of fused-ring (bicyclic) bond motifs is 1. The van der Waals surface area contributed by atoms with E-state index in [0.29, 0.717) is 6.42 Å². The van der Waals surface area contributed by atoms with Gasteiger partial charge in [0.05, 0.1) is 20.3 Å². The zero-order valence-electron chi connectivity index (χ0n) is 14.9. The third kappa shape index (κ3) is 4.32. The van der Waals surface area contributed by atoms with Crippen molar-refractivity contribution in [2.24, 2.45) is 0 Å². The smallest absolute Gasteiger partial charge is 0.220 e. The summed E-state index contributed by atoms with van der Waals surface area (Å²) in [6, 6.07) is 14.1. The number of aryl methyl sites for hydroxylation is 2. The maximum Gasteiger partial charge on any atom is 0.220 e. The van der Waals surface area contributed by atoms with Gasteiger partial charge in [-0.3, -0.25) is 4.79 Å². The minimum absolute atomic E-state index is 0.101. The summed E-state index contributed by atoms with van der Waals surface area (Å²) in [5.74, 6) is 1.82. The van der Waals surface area contributed by atoms with E-state index in [4.69, 9.17) is 9.47 Å². The summed E-state index contributed by atoms with van der Waals surface area (Å²) in [5, 5.41) is 3.20. The highest BCUT2D eigenvalue weighted by molar-refractivity contribution is 5.76. The molecule has 0 heterocycles. The normalized spacial score (nSPS) is 16.0. The first-order chi connectivity index (χ1) is 12.2. The maximum absolute atomic E-state index is 12.4. The first-order valence-corrected chi connectivity index (χ1v) is 8.78. The Labute approximate surface area is 149 Å². The van der Waals surface area contributed by atoms with Crippen molar-refractivity contribution in [2.45, 2.75) is 38.1 Å². The number of benzene rings is 2. The minimum atomic E-state index is 0.101. The Hall–Kier alpha value is -2.49. The van der Waals surface area contributed by atoms with Gasteiger partial charge >= 0.3 is 0 Å². The number of methoxy groups -OCH3 is 2. The number of hydrogen-bond donors (Lipinski definition) is 1. The lowest BCUT2D eigenvalue weighted by Gasteiger charge is -2.27. The molecule has 0 spiro atoms. The number of hydrogen-bond acceptors (Lipinski definition) is 3. The van der Waals surface area contributed by atoms with Gasteiger partial charge in [0, 0.05) is 6.42 Å². The van der Waals surface area contributed by atoms with Crippen LogP contribution in [0.4, 0.5) is 0 Å². The van der Waals surface area contributed by atoms with Gasteiger partial charge in [0.1, 0.15) is 11.5 Å². The van der Waals surface area contributed by atoms with Crippen LogP contribution in [-0.2, 0) is 17.6 Å². The molecule has 1 aliphatic carbocycles. The molecule has 2 aromatic rings. The molecule has 0 bridgehead atoms. The van der Waals surface area contributed by atoms with E-state index in [1.54, 1.807) is 14.2 Å². The molecule has 0 aromatic heterocycles. The van der Waals surface area contributed by atoms with Crippen molar-refractivity contribution < 1.29 is 14.3 Å². The topological polar surface area (TPSA) is 47.6 Å². The van der Waals surface area contributed by atoms with Crippen LogP contribution in [0.1, 0.15) is 42.0 Å². The van der Waals surface area contributed by atoms with E-state index < -0.39 is 0 Å². The molecule has 1 amide bonds. The molecule has 0 saturated heterocycles. The number of amides is 1. The van der Waals surface area contributed by atoms with E-state index in [9.17, 15) is 4.79 Å². The van der Waals surface area contributed by atoms with E-state index in [-0.39, 0.29) is 11.9 Å². The Morgan fingerprint density at radius 1 is 1.08 bits per heavy atom. The van der Waals surface area contributed by atoms with Crippen molar-refractivity contribution in [1.29, 1.82) is 0 Å². The van der Waals surface area contributed by atoms with Gasteiger partial charge in [-0.25, -0.2) is 0 Å². The van der Waals surface area contributed by atoms with Crippen molar-refractivity contribution in [1.82, 2.24) is 5.32 Å². The van der Waals surface area contributed by atoms with Crippen LogP contribution in [0.15, 0.2) is 42.5 Å². The van der Waals surface area contributed by atoms with E-state index in [1.807, 2.05) is 30.3 Å². The van der Waals surface area contributed by atoms with E-state index >= 15 is 0 Å². The Kier molecular flexibility index (Phi) is 5.59. The fraction of sp³-hybridized carbons (Fsp3) is 0.381. The fourth-order valence-electron chi connectivity index (χ4n) is 3.38. The largest absolute Gasteiger partial charge is 0.497 e. The molecule has 25 heavy (non-hydrogen) atoms. The fourth-order valence-corrected chi connectivity index (χ4v) is 3.38. The number of nitrogens with one attached hydrogen (secondary N) is 1. The van der Waals surface area contributed by atoms with Crippen molar-refractivity contribution in [3.63, 3.8) is 0 Å². The molecular weight excluding hydrogens is 314 g/mol. The van der Waals surface area contributed by atoms with Crippen LogP contribution in [0, 0.1) is 0 Å². The van der Waals surface area contributed by atoms with Crippen LogP contribution < -0.4 is 14.8 Å². The van der Waals surface area contributed by atoms with Crippen LogP contribution in [0.5, 0.6) is 11.5 Å². The van der Waals surface area contributed by atoms with Gasteiger partial charge in [-0.2, -0.15) is 0 Å². The molecule has 3 rings (SSSR count). The Morgan fingerprint density at radius 2 is 1.80 bits per heavy atom. The van der Waals surface area contributed by atoms with Gasteiger partial charge in [0.2, 0.25) is 5.91 Å². The molecule has 4 nitrogen and oxygen atoms in total. The summed E-state index contributed by atoms with van der Waals surface area (Å²) in [6.07, 6.45) is 4.36. The van der Waals surface area contributed by atoms with Crippen LogP contribution in [0.25, 0.3) is 0 Å². The van der Waals surface area contributed by atoms with Gasteiger partial charge in [-0.15, -0.1) is 0 Å². The first-order valence-electron chi connectivity index (χ1n) is 8.78. The van der Waals surface area contributed by atoms with E-state index in [0.717, 1.165) is 42.7 Å². The Morgan fingerprint density at radius 3 is 2.52 bits per heavy atom. The van der Waals surface area contributed by atoms with Gasteiger partial charge in [0.25, 0.3) is 0 Å². The summed E-state index contributed by atoms with van der Waals surface area (Å²) in [5.41, 5.74) is 3.65. The number of carbonyl (C=O) groups is 1. The summed E-state index contributed by atoms with van der Waals surface area (Å²) >= 11 is 0. The van der Waals surface area contributed by atoms with Crippen LogP contribution >= 0.6 is 0 Å². The van der Waals surface area contributed by atoms with Crippen LogP contribution in [0.3, 0.4) is 0 Å². The van der Waals surface area contributed by atoms with Crippen molar-refractivity contribution in [3.05, 3.63) is 59.2 Å². The summed E-state index contributed by atoms with van der Waals surface area (Å²) in [4.78, 5) is 12.4. The highest BCUT2D eigenvalue weighted by Gasteiger charge is 2.22. The number of ether oxygens (including phenoxy) is 2. The maximum atomic E-state index is 12.4. The second-order valence-corrected chi connectivity index (χ2v) is 6.43. The SMILES string of the molecule is COc1ccc(CCC(=O)NC2CCCc3cc(OC)ccc32)cc1. The third-order valence-corrected chi connectivity index (χ3v) is 4.80. The standard InChI is InChI=1S/C21H25NO3/c1-24-17-9-6-15(7-10-17)8-13-21(23)22-20-5-3-4-16-14-18(25-2)11-12-19(16)20/h6-7,9-12,14,20H,3-5,8,13H2,1-2H3,(H,22,23). The zero-order chi connectivity index (χ0) is 17.6. The summed E-state index contributed by atoms with van der Waals surface area (Å²) in [7, 11) is 3.34. The molecular formula is C21H25NO3. The summed E-state index contributed by atoms with van der Waals surface area (Å²) < 4.78 is 10.5. The minimum Gasteiger partial charge on any atom is -0.497 e. The number of rotatable bonds is 6. The molecule has 1 N–H and O–H groups in total. The molecule has 0 radical (unpaired) electrons. The van der Waals surface area contributed by atoms with Crippen molar-refractivity contribution in [3.8, 4) is 11.5 Å². The van der Waals surface area contributed by atoms with Crippen molar-refractivity contribution >= 4 is 5.91 Å². The molecule has 132 valence electrons. The lowest BCUT2D eigenvalue weighted by Crippen LogP contribution is -2.31. The van der Waals surface area contributed by atoms with E-state index in [2.05, 4.69) is 17.4 Å². The molecule has 2 aromatic carbocycles. The lowest BCUT2D eigenvalue weighted by molar-refractivity contribution is -0.121. The highest BCUT2D eigenvalue weighted by Crippen LogP contribution is 2.32. The lowest BCUT2D eigenvalue weighted by atomic mass is 9.87. The average Bonchev–Trinajstić information content (AvgIpc) is 2.66. The summed E-state index contributed by atoms with van der Waals surface area (Å²) in [6.45, 7) is 0. The molecule has 1 atom stereocenters. The second-order valence-electron chi connectivity index (χ2n) is 6.43. The monoisotopic (exact) mass is 339 g/mol. The Balaban J connectivity index is 1.58. The predicted molar refractivity (Wildman–Crippen MR) is 98.1 cm³/mol. The van der Waals surface area contributed by atoms with Gasteiger partial charge in [-0.1, -0.05) is 18.2 Å². The van der Waals surface area contributed by atoms with Gasteiger partial charge in [0.15, 0.2) is 0 Å². The van der Waals surface area contributed by atoms with Crippen LogP contribution in [0.2, 0.25) is 0 Å². The molecule has 0 fully saturated rings. The highest BCUT2D eigenvalue weighted by atomic mass is 16.5. The predicted octanol–water partition coefficient (Wildman–Crippen LogP) is 3.83.